The second-order valence-corrected chi connectivity index (χ2v) is 5.04. The number of nitrogens with one attached hydrogen (secondary N) is 1. The maximum Gasteiger partial charge on any atom is 0.203 e. The molecule has 0 spiro atoms. The lowest BCUT2D eigenvalue weighted by Crippen LogP contribution is -2.15. The lowest BCUT2D eigenvalue weighted by atomic mass is 10.0. The summed E-state index contributed by atoms with van der Waals surface area (Å²) in [5, 5.41) is 3.47. The summed E-state index contributed by atoms with van der Waals surface area (Å²) in [7, 11) is 4.90. The Balaban J connectivity index is 2.56. The van der Waals surface area contributed by atoms with E-state index in [-0.39, 0.29) is 0 Å². The Kier molecular flexibility index (Phi) is 4.35. The van der Waals surface area contributed by atoms with Crippen molar-refractivity contribution in [1.29, 1.82) is 0 Å². The molecule has 1 aromatic rings. The highest BCUT2D eigenvalue weighted by molar-refractivity contribution is 9.10. The summed E-state index contributed by atoms with van der Waals surface area (Å²) in [6.45, 7) is 1.04. The van der Waals surface area contributed by atoms with E-state index in [1.807, 2.05) is 6.07 Å². The highest BCUT2D eigenvalue weighted by Gasteiger charge is 2.27. The Labute approximate surface area is 116 Å². The van der Waals surface area contributed by atoms with Gasteiger partial charge in [0.25, 0.3) is 0 Å². The molecule has 1 aromatic carbocycles. The molecular formula is C13H18BrNO3. The van der Waals surface area contributed by atoms with Crippen LogP contribution in [0.2, 0.25) is 0 Å². The molecule has 1 saturated heterocycles. The number of hydrogen-bond acceptors (Lipinski definition) is 4. The summed E-state index contributed by atoms with van der Waals surface area (Å²) in [5.74, 6) is 2.05. The smallest absolute Gasteiger partial charge is 0.203 e. The van der Waals surface area contributed by atoms with Crippen molar-refractivity contribution in [3.63, 3.8) is 0 Å². The van der Waals surface area contributed by atoms with Crippen molar-refractivity contribution < 1.29 is 14.2 Å². The van der Waals surface area contributed by atoms with Crippen molar-refractivity contribution in [3.05, 3.63) is 16.1 Å². The summed E-state index contributed by atoms with van der Waals surface area (Å²) in [5.41, 5.74) is 1.10. The molecule has 0 amide bonds. The van der Waals surface area contributed by atoms with Gasteiger partial charge in [-0.3, -0.25) is 0 Å². The largest absolute Gasteiger partial charge is 0.493 e. The minimum absolute atomic E-state index is 0.300. The van der Waals surface area contributed by atoms with E-state index in [1.165, 1.54) is 6.42 Å². The molecule has 0 aliphatic carbocycles. The van der Waals surface area contributed by atoms with Crippen LogP contribution < -0.4 is 19.5 Å². The predicted molar refractivity (Wildman–Crippen MR) is 73.8 cm³/mol. The molecule has 1 N–H and O–H groups in total. The van der Waals surface area contributed by atoms with Gasteiger partial charge in [0, 0.05) is 16.1 Å². The van der Waals surface area contributed by atoms with E-state index in [0.717, 1.165) is 28.8 Å². The van der Waals surface area contributed by atoms with Gasteiger partial charge in [-0.2, -0.15) is 0 Å². The molecule has 1 aliphatic rings. The van der Waals surface area contributed by atoms with Gasteiger partial charge in [-0.05, 0) is 25.5 Å². The summed E-state index contributed by atoms with van der Waals surface area (Å²) >= 11 is 3.60. The first-order valence-electron chi connectivity index (χ1n) is 5.94. The Morgan fingerprint density at radius 3 is 2.39 bits per heavy atom. The second kappa shape index (κ2) is 5.80. The number of rotatable bonds is 4. The van der Waals surface area contributed by atoms with Gasteiger partial charge in [0.1, 0.15) is 0 Å². The zero-order valence-corrected chi connectivity index (χ0v) is 12.5. The van der Waals surface area contributed by atoms with E-state index in [9.17, 15) is 0 Å². The number of hydrogen-bond donors (Lipinski definition) is 1. The van der Waals surface area contributed by atoms with Crippen LogP contribution in [0.25, 0.3) is 0 Å². The van der Waals surface area contributed by atoms with Crippen LogP contribution in [-0.2, 0) is 0 Å². The van der Waals surface area contributed by atoms with Crippen LogP contribution in [0.15, 0.2) is 10.5 Å². The summed E-state index contributed by atoms with van der Waals surface area (Å²) in [6.07, 6.45) is 2.28. The molecule has 0 aromatic heterocycles. The van der Waals surface area contributed by atoms with Crippen LogP contribution >= 0.6 is 15.9 Å². The predicted octanol–water partition coefficient (Wildman–Crippen LogP) is 2.90. The molecule has 1 atom stereocenters. The maximum atomic E-state index is 5.53. The molecular weight excluding hydrogens is 298 g/mol. The molecule has 0 bridgehead atoms. The zero-order valence-electron chi connectivity index (χ0n) is 10.9. The minimum Gasteiger partial charge on any atom is -0.493 e. The average molecular weight is 316 g/mol. The topological polar surface area (TPSA) is 39.7 Å². The molecule has 1 fully saturated rings. The summed E-state index contributed by atoms with van der Waals surface area (Å²) < 4.78 is 17.2. The molecule has 1 aliphatic heterocycles. The first-order valence-corrected chi connectivity index (χ1v) is 6.74. The van der Waals surface area contributed by atoms with Crippen LogP contribution in [-0.4, -0.2) is 27.9 Å². The Hall–Kier alpha value is -0.940. The monoisotopic (exact) mass is 315 g/mol. The Morgan fingerprint density at radius 1 is 1.17 bits per heavy atom. The van der Waals surface area contributed by atoms with Crippen molar-refractivity contribution in [2.75, 3.05) is 27.9 Å². The molecule has 4 nitrogen and oxygen atoms in total. The normalized spacial score (nSPS) is 18.8. The molecule has 0 radical (unpaired) electrons. The third-order valence-electron chi connectivity index (χ3n) is 3.23. The maximum absolute atomic E-state index is 5.53. The number of halogens is 1. The molecule has 2 rings (SSSR count). The van der Waals surface area contributed by atoms with E-state index >= 15 is 0 Å². The highest BCUT2D eigenvalue weighted by atomic mass is 79.9. The van der Waals surface area contributed by atoms with E-state index in [1.54, 1.807) is 21.3 Å². The van der Waals surface area contributed by atoms with Crippen molar-refractivity contribution in [2.45, 2.75) is 18.9 Å². The molecule has 1 unspecified atom stereocenters. The minimum atomic E-state index is 0.300. The van der Waals surface area contributed by atoms with Gasteiger partial charge in [0.05, 0.1) is 21.3 Å². The molecule has 100 valence electrons. The van der Waals surface area contributed by atoms with Gasteiger partial charge in [-0.25, -0.2) is 0 Å². The fourth-order valence-electron chi connectivity index (χ4n) is 2.40. The van der Waals surface area contributed by atoms with Gasteiger partial charge >= 0.3 is 0 Å². The van der Waals surface area contributed by atoms with Gasteiger partial charge < -0.3 is 19.5 Å². The van der Waals surface area contributed by atoms with Crippen LogP contribution in [0.1, 0.15) is 24.4 Å². The SMILES string of the molecule is COc1cc(Br)c(C2CCCN2)c(OC)c1OC. The molecule has 0 saturated carbocycles. The quantitative estimate of drug-likeness (QED) is 0.927. The first kappa shape index (κ1) is 13.5. The van der Waals surface area contributed by atoms with E-state index < -0.39 is 0 Å². The Bertz CT molecular complexity index is 431. The van der Waals surface area contributed by atoms with Crippen molar-refractivity contribution in [1.82, 2.24) is 5.32 Å². The van der Waals surface area contributed by atoms with Crippen molar-refractivity contribution >= 4 is 15.9 Å². The fraction of sp³-hybridized carbons (Fsp3) is 0.538. The van der Waals surface area contributed by atoms with Gasteiger partial charge in [-0.15, -0.1) is 0 Å². The Morgan fingerprint density at radius 2 is 1.89 bits per heavy atom. The van der Waals surface area contributed by atoms with Gasteiger partial charge in [0.15, 0.2) is 11.5 Å². The van der Waals surface area contributed by atoms with Gasteiger partial charge in [0.2, 0.25) is 5.75 Å². The van der Waals surface area contributed by atoms with Crippen LogP contribution in [0.3, 0.4) is 0 Å². The number of benzene rings is 1. The second-order valence-electron chi connectivity index (χ2n) is 4.19. The molecule has 5 heteroatoms. The van der Waals surface area contributed by atoms with Crippen LogP contribution in [0.5, 0.6) is 17.2 Å². The molecule has 18 heavy (non-hydrogen) atoms. The van der Waals surface area contributed by atoms with Gasteiger partial charge in [-0.1, -0.05) is 15.9 Å². The fourth-order valence-corrected chi connectivity index (χ4v) is 3.07. The average Bonchev–Trinajstić information content (AvgIpc) is 2.90. The first-order chi connectivity index (χ1) is 8.72. The third kappa shape index (κ3) is 2.29. The van der Waals surface area contributed by atoms with E-state index in [2.05, 4.69) is 21.2 Å². The standard InChI is InChI=1S/C13H18BrNO3/c1-16-10-7-8(14)11(9-5-4-6-15-9)13(18-3)12(10)17-2/h7,9,15H,4-6H2,1-3H3. The highest BCUT2D eigenvalue weighted by Crippen LogP contribution is 2.47. The zero-order chi connectivity index (χ0) is 13.1. The summed E-state index contributed by atoms with van der Waals surface area (Å²) in [6, 6.07) is 2.23. The molecule has 1 heterocycles. The number of methoxy groups -OCH3 is 3. The van der Waals surface area contributed by atoms with E-state index in [0.29, 0.717) is 17.5 Å². The van der Waals surface area contributed by atoms with Crippen molar-refractivity contribution in [2.24, 2.45) is 0 Å². The lowest BCUT2D eigenvalue weighted by Gasteiger charge is -2.21. The number of ether oxygens (including phenoxy) is 3. The lowest BCUT2D eigenvalue weighted by molar-refractivity contribution is 0.319. The van der Waals surface area contributed by atoms with Crippen LogP contribution in [0.4, 0.5) is 0 Å². The third-order valence-corrected chi connectivity index (χ3v) is 3.88. The summed E-state index contributed by atoms with van der Waals surface area (Å²) in [4.78, 5) is 0. The van der Waals surface area contributed by atoms with Crippen LogP contribution in [0, 0.1) is 0 Å². The van der Waals surface area contributed by atoms with E-state index in [4.69, 9.17) is 14.2 Å². The van der Waals surface area contributed by atoms with Crippen molar-refractivity contribution in [3.8, 4) is 17.2 Å².